The molecule has 2 aliphatic carbocycles. The fraction of sp³-hybridized carbons (Fsp3) is 0.917. The summed E-state index contributed by atoms with van der Waals surface area (Å²) >= 11 is 0. The minimum atomic E-state index is -0.550. The van der Waals surface area contributed by atoms with E-state index < -0.39 is 29.9 Å². The van der Waals surface area contributed by atoms with E-state index in [4.69, 9.17) is 9.47 Å². The molecule has 3 rings (SSSR count). The van der Waals surface area contributed by atoms with Crippen LogP contribution >= 0.6 is 0 Å². The largest absolute Gasteiger partial charge is 0.442 e. The van der Waals surface area contributed by atoms with Gasteiger partial charge in [-0.1, -0.05) is 38.5 Å². The lowest BCUT2D eigenvalue weighted by molar-refractivity contribution is -0.153. The van der Waals surface area contributed by atoms with Crippen LogP contribution in [0.25, 0.3) is 0 Å². The standard InChI is InChI=1S/C24H43N3O4/c1-23(2)16-19(30-21(28)25-17-12-8-6-9-13-17)20(24(3,4)27(23)5)31-22(29)26-18-14-10-7-11-15-18/h17-20H,6-16H2,1-5H3,(H,25,28)(H,26,29). The molecule has 2 saturated carbocycles. The zero-order chi connectivity index (χ0) is 22.6. The van der Waals surface area contributed by atoms with Gasteiger partial charge < -0.3 is 20.1 Å². The van der Waals surface area contributed by atoms with Gasteiger partial charge in [0.15, 0.2) is 6.10 Å². The number of carbonyl (C=O) groups is 2. The smallest absolute Gasteiger partial charge is 0.407 e. The van der Waals surface area contributed by atoms with E-state index in [-0.39, 0.29) is 17.6 Å². The van der Waals surface area contributed by atoms with Gasteiger partial charge in [-0.15, -0.1) is 0 Å². The highest BCUT2D eigenvalue weighted by molar-refractivity contribution is 5.69. The number of nitrogens with zero attached hydrogens (tertiary/aromatic N) is 1. The van der Waals surface area contributed by atoms with Crippen LogP contribution in [-0.4, -0.2) is 59.5 Å². The second kappa shape index (κ2) is 9.97. The van der Waals surface area contributed by atoms with Gasteiger partial charge >= 0.3 is 12.2 Å². The van der Waals surface area contributed by atoms with E-state index in [1.165, 1.54) is 12.8 Å². The Morgan fingerprint density at radius 3 is 1.71 bits per heavy atom. The average molecular weight is 438 g/mol. The number of hydrogen-bond donors (Lipinski definition) is 2. The van der Waals surface area contributed by atoms with Crippen LogP contribution in [0.3, 0.4) is 0 Å². The van der Waals surface area contributed by atoms with E-state index in [2.05, 4.69) is 43.2 Å². The molecule has 0 aromatic rings. The fourth-order valence-electron chi connectivity index (χ4n) is 5.63. The minimum absolute atomic E-state index is 0.177. The maximum Gasteiger partial charge on any atom is 0.407 e. The van der Waals surface area contributed by atoms with E-state index in [1.54, 1.807) is 0 Å². The molecule has 1 saturated heterocycles. The number of likely N-dealkylation sites (tertiary alicyclic amines) is 1. The normalized spacial score (nSPS) is 29.7. The zero-order valence-corrected chi connectivity index (χ0v) is 20.2. The zero-order valence-electron chi connectivity index (χ0n) is 20.2. The number of amides is 2. The Morgan fingerprint density at radius 2 is 1.23 bits per heavy atom. The van der Waals surface area contributed by atoms with Crippen LogP contribution in [0.5, 0.6) is 0 Å². The Bertz CT molecular complexity index is 624. The maximum atomic E-state index is 12.8. The second-order valence-corrected chi connectivity index (χ2v) is 11.0. The van der Waals surface area contributed by atoms with Gasteiger partial charge in [-0.25, -0.2) is 9.59 Å². The predicted molar refractivity (Wildman–Crippen MR) is 121 cm³/mol. The molecule has 0 bridgehead atoms. The molecular weight excluding hydrogens is 394 g/mol. The van der Waals surface area contributed by atoms with Crippen molar-refractivity contribution >= 4 is 12.2 Å². The van der Waals surface area contributed by atoms with E-state index in [0.717, 1.165) is 51.4 Å². The van der Waals surface area contributed by atoms with E-state index in [9.17, 15) is 9.59 Å². The molecule has 3 fully saturated rings. The number of alkyl carbamates (subject to hydrolysis) is 2. The summed E-state index contributed by atoms with van der Waals surface area (Å²) in [6.07, 6.45) is 9.80. The molecule has 2 amide bonds. The van der Waals surface area contributed by atoms with Crippen molar-refractivity contribution in [2.75, 3.05) is 7.05 Å². The summed E-state index contributed by atoms with van der Waals surface area (Å²) in [5.41, 5.74) is -0.680. The summed E-state index contributed by atoms with van der Waals surface area (Å²) in [5.74, 6) is 0. The predicted octanol–water partition coefficient (Wildman–Crippen LogP) is 4.73. The molecule has 1 heterocycles. The maximum absolute atomic E-state index is 12.8. The third-order valence-electron chi connectivity index (χ3n) is 7.85. The van der Waals surface area contributed by atoms with Crippen molar-refractivity contribution in [1.29, 1.82) is 0 Å². The molecule has 178 valence electrons. The highest BCUT2D eigenvalue weighted by atomic mass is 16.6. The summed E-state index contributed by atoms with van der Waals surface area (Å²) in [6, 6.07) is 0.360. The third-order valence-corrected chi connectivity index (χ3v) is 7.85. The Hall–Kier alpha value is -1.50. The first-order valence-corrected chi connectivity index (χ1v) is 12.3. The molecular formula is C24H43N3O4. The number of hydrogen-bond acceptors (Lipinski definition) is 5. The number of rotatable bonds is 4. The molecule has 0 aromatic heterocycles. The molecule has 7 heteroatoms. The van der Waals surface area contributed by atoms with Crippen molar-refractivity contribution < 1.29 is 19.1 Å². The van der Waals surface area contributed by atoms with E-state index >= 15 is 0 Å². The van der Waals surface area contributed by atoms with Crippen molar-refractivity contribution in [3.8, 4) is 0 Å². The molecule has 7 nitrogen and oxygen atoms in total. The molecule has 2 N–H and O–H groups in total. The van der Waals surface area contributed by atoms with Crippen molar-refractivity contribution in [1.82, 2.24) is 15.5 Å². The Balaban J connectivity index is 1.68. The highest BCUT2D eigenvalue weighted by Crippen LogP contribution is 2.40. The first kappa shape index (κ1) is 24.1. The van der Waals surface area contributed by atoms with Gasteiger partial charge in [-0.05, 0) is 60.4 Å². The van der Waals surface area contributed by atoms with Crippen LogP contribution in [-0.2, 0) is 9.47 Å². The van der Waals surface area contributed by atoms with Crippen molar-refractivity contribution in [3.05, 3.63) is 0 Å². The molecule has 2 unspecified atom stereocenters. The second-order valence-electron chi connectivity index (χ2n) is 11.0. The van der Waals surface area contributed by atoms with Crippen molar-refractivity contribution in [2.45, 2.75) is 134 Å². The van der Waals surface area contributed by atoms with Gasteiger partial charge in [-0.2, -0.15) is 0 Å². The molecule has 3 aliphatic rings. The molecule has 0 aromatic carbocycles. The fourth-order valence-corrected chi connectivity index (χ4v) is 5.63. The van der Waals surface area contributed by atoms with Crippen LogP contribution in [0.15, 0.2) is 0 Å². The molecule has 2 atom stereocenters. The van der Waals surface area contributed by atoms with Crippen LogP contribution in [0.2, 0.25) is 0 Å². The molecule has 0 radical (unpaired) electrons. The van der Waals surface area contributed by atoms with Crippen molar-refractivity contribution in [3.63, 3.8) is 0 Å². The Kier molecular flexibility index (Phi) is 7.76. The topological polar surface area (TPSA) is 79.9 Å². The van der Waals surface area contributed by atoms with E-state index in [1.807, 2.05) is 7.05 Å². The van der Waals surface area contributed by atoms with Gasteiger partial charge in [0.2, 0.25) is 0 Å². The van der Waals surface area contributed by atoms with Crippen LogP contribution in [0, 0.1) is 0 Å². The Morgan fingerprint density at radius 1 is 0.774 bits per heavy atom. The molecule has 31 heavy (non-hydrogen) atoms. The minimum Gasteiger partial charge on any atom is -0.442 e. The van der Waals surface area contributed by atoms with Crippen LogP contribution in [0.4, 0.5) is 9.59 Å². The number of ether oxygens (including phenoxy) is 2. The average Bonchev–Trinajstić information content (AvgIpc) is 2.71. The Labute approximate surface area is 188 Å². The first-order valence-electron chi connectivity index (χ1n) is 12.3. The molecule has 1 aliphatic heterocycles. The lowest BCUT2D eigenvalue weighted by atomic mass is 9.76. The quantitative estimate of drug-likeness (QED) is 0.664. The number of nitrogens with one attached hydrogen (secondary N) is 2. The summed E-state index contributed by atoms with van der Waals surface area (Å²) in [7, 11) is 2.05. The van der Waals surface area contributed by atoms with E-state index in [0.29, 0.717) is 6.42 Å². The summed E-state index contributed by atoms with van der Waals surface area (Å²) in [6.45, 7) is 8.40. The number of likely N-dealkylation sites (N-methyl/N-ethyl adjacent to an activating group) is 1. The third kappa shape index (κ3) is 6.05. The lowest BCUT2D eigenvalue weighted by Crippen LogP contribution is -2.69. The van der Waals surface area contributed by atoms with Gasteiger partial charge in [0.1, 0.15) is 6.10 Å². The first-order chi connectivity index (χ1) is 14.6. The van der Waals surface area contributed by atoms with Crippen LogP contribution in [0.1, 0.15) is 98.3 Å². The van der Waals surface area contributed by atoms with Crippen molar-refractivity contribution in [2.24, 2.45) is 0 Å². The van der Waals surface area contributed by atoms with Gasteiger partial charge in [-0.3, -0.25) is 4.90 Å². The summed E-state index contributed by atoms with van der Waals surface area (Å²) < 4.78 is 11.9. The van der Waals surface area contributed by atoms with Crippen LogP contribution < -0.4 is 10.6 Å². The van der Waals surface area contributed by atoms with Gasteiger partial charge in [0, 0.05) is 24.0 Å². The number of carbonyl (C=O) groups excluding carboxylic acids is 2. The molecule has 0 spiro atoms. The summed E-state index contributed by atoms with van der Waals surface area (Å²) in [5, 5.41) is 6.08. The monoisotopic (exact) mass is 437 g/mol. The SMILES string of the molecule is CN1C(C)(C)CC(OC(=O)NC2CCCCC2)C(OC(=O)NC2CCCCC2)C1(C)C. The number of piperidine rings is 1. The lowest BCUT2D eigenvalue weighted by Gasteiger charge is -2.56. The highest BCUT2D eigenvalue weighted by Gasteiger charge is 2.54. The summed E-state index contributed by atoms with van der Waals surface area (Å²) in [4.78, 5) is 27.7. The van der Waals surface area contributed by atoms with Gasteiger partial charge in [0.25, 0.3) is 0 Å². The van der Waals surface area contributed by atoms with Gasteiger partial charge in [0.05, 0.1) is 5.54 Å².